The third kappa shape index (κ3) is 7.09. The highest BCUT2D eigenvalue weighted by atomic mass is 32.2. The number of carbonyl (C=O) groups excluding carboxylic acids is 1. The fourth-order valence-electron chi connectivity index (χ4n) is 3.79. The van der Waals surface area contributed by atoms with Crippen LogP contribution in [0.5, 0.6) is 17.2 Å². The second kappa shape index (κ2) is 12.8. The molecule has 0 spiro atoms. The average Bonchev–Trinajstić information content (AvgIpc) is 2.88. The second-order valence-electron chi connectivity index (χ2n) is 7.91. The van der Waals surface area contributed by atoms with Crippen LogP contribution in [0.15, 0.2) is 41.3 Å². The molecule has 2 aromatic rings. The first kappa shape index (κ1) is 26.8. The summed E-state index contributed by atoms with van der Waals surface area (Å²) < 4.78 is 49.3. The zero-order valence-electron chi connectivity index (χ0n) is 20.5. The minimum Gasteiger partial charge on any atom is -0.496 e. The van der Waals surface area contributed by atoms with Crippen LogP contribution in [0.1, 0.15) is 31.4 Å². The van der Waals surface area contributed by atoms with E-state index in [4.69, 9.17) is 18.9 Å². The van der Waals surface area contributed by atoms with Crippen molar-refractivity contribution in [2.24, 2.45) is 0 Å². The van der Waals surface area contributed by atoms with E-state index in [0.717, 1.165) is 5.56 Å². The number of aryl methyl sites for hydroxylation is 1. The van der Waals surface area contributed by atoms with Crippen molar-refractivity contribution in [3.8, 4) is 17.2 Å². The van der Waals surface area contributed by atoms with Gasteiger partial charge in [-0.3, -0.25) is 4.79 Å². The maximum atomic E-state index is 13.0. The van der Waals surface area contributed by atoms with Crippen molar-refractivity contribution in [3.63, 3.8) is 0 Å². The molecule has 0 radical (unpaired) electrons. The van der Waals surface area contributed by atoms with Crippen molar-refractivity contribution in [2.45, 2.75) is 38.1 Å². The molecule has 9 nitrogen and oxygen atoms in total. The number of nitrogens with zero attached hydrogens (tertiary/aromatic N) is 1. The molecule has 3 rings (SSSR count). The van der Waals surface area contributed by atoms with Gasteiger partial charge in [-0.05, 0) is 61.7 Å². The molecule has 0 bridgehead atoms. The lowest BCUT2D eigenvalue weighted by Crippen LogP contribution is -2.40. The van der Waals surface area contributed by atoms with Crippen LogP contribution in [-0.2, 0) is 32.5 Å². The number of methoxy groups -OCH3 is 1. The van der Waals surface area contributed by atoms with Gasteiger partial charge < -0.3 is 24.3 Å². The van der Waals surface area contributed by atoms with Gasteiger partial charge in [0.2, 0.25) is 15.9 Å². The summed E-state index contributed by atoms with van der Waals surface area (Å²) in [5.41, 5.74) is 1.55. The fourth-order valence-corrected chi connectivity index (χ4v) is 5.25. The van der Waals surface area contributed by atoms with Crippen LogP contribution < -0.4 is 19.5 Å². The first-order chi connectivity index (χ1) is 16.9. The number of nitrogens with one attached hydrogen (secondary N) is 1. The van der Waals surface area contributed by atoms with Gasteiger partial charge >= 0.3 is 0 Å². The van der Waals surface area contributed by atoms with Crippen molar-refractivity contribution in [2.75, 3.05) is 46.6 Å². The number of ether oxygens (including phenoxy) is 4. The van der Waals surface area contributed by atoms with Crippen molar-refractivity contribution in [1.82, 2.24) is 9.62 Å². The zero-order valence-corrected chi connectivity index (χ0v) is 21.4. The lowest BCUT2D eigenvalue weighted by molar-refractivity contribution is -0.121. The van der Waals surface area contributed by atoms with Crippen LogP contribution in [0, 0.1) is 0 Å². The molecule has 0 aromatic heterocycles. The molecule has 192 valence electrons. The third-order valence-electron chi connectivity index (χ3n) is 5.58. The summed E-state index contributed by atoms with van der Waals surface area (Å²) in [4.78, 5) is 12.7. The van der Waals surface area contributed by atoms with Crippen molar-refractivity contribution >= 4 is 15.9 Å². The number of amides is 1. The summed E-state index contributed by atoms with van der Waals surface area (Å²) in [5, 5.41) is 2.91. The molecule has 1 amide bonds. The molecule has 1 fully saturated rings. The van der Waals surface area contributed by atoms with Gasteiger partial charge in [0.1, 0.15) is 5.75 Å². The Labute approximate surface area is 207 Å². The molecule has 1 N–H and O–H groups in total. The van der Waals surface area contributed by atoms with Crippen molar-refractivity contribution in [1.29, 1.82) is 0 Å². The number of hydrogen-bond acceptors (Lipinski definition) is 7. The smallest absolute Gasteiger partial charge is 0.243 e. The Hall–Kier alpha value is -2.82. The van der Waals surface area contributed by atoms with Crippen LogP contribution in [0.4, 0.5) is 0 Å². The number of sulfonamides is 1. The molecule has 1 heterocycles. The van der Waals surface area contributed by atoms with E-state index in [1.54, 1.807) is 12.1 Å². The Morgan fingerprint density at radius 1 is 1.00 bits per heavy atom. The molecule has 0 saturated carbocycles. The maximum absolute atomic E-state index is 13.0. The van der Waals surface area contributed by atoms with E-state index in [1.807, 2.05) is 32.0 Å². The maximum Gasteiger partial charge on any atom is 0.243 e. The molecule has 0 atom stereocenters. The summed E-state index contributed by atoms with van der Waals surface area (Å²) in [7, 11) is -2.11. The number of morpholine rings is 1. The molecular weight excluding hydrogens is 472 g/mol. The summed E-state index contributed by atoms with van der Waals surface area (Å²) in [5.74, 6) is 1.71. The molecule has 0 unspecified atom stereocenters. The normalized spacial score (nSPS) is 14.4. The lowest BCUT2D eigenvalue weighted by Gasteiger charge is -2.26. The lowest BCUT2D eigenvalue weighted by atomic mass is 10.1. The fraction of sp³-hybridized carbons (Fsp3) is 0.480. The minimum absolute atomic E-state index is 0.152. The standard InChI is InChI=1S/C25H34N2O7S/c1-4-33-23-9-6-19(16-24(23)34-5-2)18-26-25(28)11-7-20-17-21(8-10-22(20)31-3)35(29,30)27-12-14-32-15-13-27/h6,8-10,16-17H,4-5,7,11-15,18H2,1-3H3,(H,26,28). The molecule has 35 heavy (non-hydrogen) atoms. The van der Waals surface area contributed by atoms with Gasteiger partial charge in [-0.2, -0.15) is 4.31 Å². The van der Waals surface area contributed by atoms with E-state index >= 15 is 0 Å². The van der Waals surface area contributed by atoms with Crippen LogP contribution in [0.2, 0.25) is 0 Å². The Kier molecular flexibility index (Phi) is 9.76. The Bertz CT molecular complexity index is 1100. The highest BCUT2D eigenvalue weighted by molar-refractivity contribution is 7.89. The quantitative estimate of drug-likeness (QED) is 0.472. The van der Waals surface area contributed by atoms with Crippen LogP contribution in [0.3, 0.4) is 0 Å². The Balaban J connectivity index is 1.63. The predicted octanol–water partition coefficient (Wildman–Crippen LogP) is 2.76. The topological polar surface area (TPSA) is 103 Å². The van der Waals surface area contributed by atoms with Gasteiger partial charge in [-0.25, -0.2) is 8.42 Å². The van der Waals surface area contributed by atoms with Crippen LogP contribution in [0.25, 0.3) is 0 Å². The van der Waals surface area contributed by atoms with Crippen LogP contribution in [-0.4, -0.2) is 65.3 Å². The second-order valence-corrected chi connectivity index (χ2v) is 9.85. The van der Waals surface area contributed by atoms with E-state index in [0.29, 0.717) is 75.3 Å². The van der Waals surface area contributed by atoms with Crippen molar-refractivity contribution in [3.05, 3.63) is 47.5 Å². The largest absolute Gasteiger partial charge is 0.496 e. The first-order valence-electron chi connectivity index (χ1n) is 11.8. The zero-order chi connectivity index (χ0) is 25.3. The molecule has 2 aromatic carbocycles. The van der Waals surface area contributed by atoms with Gasteiger partial charge in [0.25, 0.3) is 0 Å². The summed E-state index contributed by atoms with van der Waals surface area (Å²) in [6, 6.07) is 10.3. The number of benzene rings is 2. The Morgan fingerprint density at radius 3 is 2.37 bits per heavy atom. The molecule has 1 aliphatic rings. The highest BCUT2D eigenvalue weighted by Crippen LogP contribution is 2.29. The van der Waals surface area contributed by atoms with E-state index < -0.39 is 10.0 Å². The summed E-state index contributed by atoms with van der Waals surface area (Å²) in [6.07, 6.45) is 0.529. The minimum atomic E-state index is -3.64. The molecule has 1 saturated heterocycles. The van der Waals surface area contributed by atoms with Gasteiger partial charge in [0, 0.05) is 26.1 Å². The Morgan fingerprint density at radius 2 is 1.69 bits per heavy atom. The van der Waals surface area contributed by atoms with Gasteiger partial charge in [-0.1, -0.05) is 6.07 Å². The van der Waals surface area contributed by atoms with Gasteiger partial charge in [0.15, 0.2) is 11.5 Å². The van der Waals surface area contributed by atoms with Gasteiger partial charge in [-0.15, -0.1) is 0 Å². The number of hydrogen-bond donors (Lipinski definition) is 1. The van der Waals surface area contributed by atoms with E-state index in [2.05, 4.69) is 5.32 Å². The van der Waals surface area contributed by atoms with Crippen LogP contribution >= 0.6 is 0 Å². The molecule has 0 aliphatic carbocycles. The summed E-state index contributed by atoms with van der Waals surface area (Å²) >= 11 is 0. The van der Waals surface area contributed by atoms with E-state index in [1.165, 1.54) is 17.5 Å². The highest BCUT2D eigenvalue weighted by Gasteiger charge is 2.27. The van der Waals surface area contributed by atoms with E-state index in [9.17, 15) is 13.2 Å². The molecular formula is C25H34N2O7S. The predicted molar refractivity (Wildman–Crippen MR) is 132 cm³/mol. The molecule has 10 heteroatoms. The first-order valence-corrected chi connectivity index (χ1v) is 13.2. The molecule has 1 aliphatic heterocycles. The summed E-state index contributed by atoms with van der Waals surface area (Å²) in [6.45, 7) is 6.60. The van der Waals surface area contributed by atoms with Gasteiger partial charge in [0.05, 0.1) is 38.4 Å². The SMILES string of the molecule is CCOc1ccc(CNC(=O)CCc2cc(S(=O)(=O)N3CCOCC3)ccc2OC)cc1OCC. The average molecular weight is 507 g/mol. The number of rotatable bonds is 12. The third-order valence-corrected chi connectivity index (χ3v) is 7.47. The van der Waals surface area contributed by atoms with E-state index in [-0.39, 0.29) is 17.2 Å². The monoisotopic (exact) mass is 506 g/mol. The van der Waals surface area contributed by atoms with Crippen molar-refractivity contribution < 1.29 is 32.2 Å². The number of carbonyl (C=O) groups is 1.